The Labute approximate surface area is 124 Å². The van der Waals surface area contributed by atoms with Gasteiger partial charge in [0.15, 0.2) is 0 Å². The molecule has 0 aliphatic heterocycles. The molecular weight excluding hydrogens is 266 g/mol. The average Bonchev–Trinajstić information content (AvgIpc) is 2.51. The minimum absolute atomic E-state index is 0.148. The van der Waals surface area contributed by atoms with Gasteiger partial charge in [-0.15, -0.1) is 5.11 Å². The summed E-state index contributed by atoms with van der Waals surface area (Å²) in [4.78, 5) is 0. The SMILES string of the molecule is OCCc1ccc(N=NNc2ccc(CCO)cc2)cc1. The quantitative estimate of drug-likeness (QED) is 0.540. The summed E-state index contributed by atoms with van der Waals surface area (Å²) in [5, 5.41) is 25.7. The molecule has 2 aromatic rings. The first-order valence-electron chi connectivity index (χ1n) is 6.88. The lowest BCUT2D eigenvalue weighted by Gasteiger charge is -2.02. The molecule has 0 aliphatic carbocycles. The predicted octanol–water partition coefficient (Wildman–Crippen LogP) is 2.87. The Morgan fingerprint density at radius 3 is 1.81 bits per heavy atom. The molecule has 5 nitrogen and oxygen atoms in total. The highest BCUT2D eigenvalue weighted by Gasteiger charge is 1.94. The molecule has 0 saturated carbocycles. The van der Waals surface area contributed by atoms with Crippen molar-refractivity contribution in [2.45, 2.75) is 12.8 Å². The van der Waals surface area contributed by atoms with E-state index >= 15 is 0 Å². The molecule has 0 aliphatic rings. The highest BCUT2D eigenvalue weighted by atomic mass is 16.3. The molecule has 0 radical (unpaired) electrons. The Balaban J connectivity index is 1.89. The smallest absolute Gasteiger partial charge is 0.0874 e. The molecule has 0 unspecified atom stereocenters. The van der Waals surface area contributed by atoms with E-state index in [4.69, 9.17) is 10.2 Å². The fourth-order valence-corrected chi connectivity index (χ4v) is 1.87. The molecule has 0 atom stereocenters. The summed E-state index contributed by atoms with van der Waals surface area (Å²) in [6.07, 6.45) is 1.30. The van der Waals surface area contributed by atoms with Crippen LogP contribution in [0.4, 0.5) is 11.4 Å². The highest BCUT2D eigenvalue weighted by Crippen LogP contribution is 2.15. The summed E-state index contributed by atoms with van der Waals surface area (Å²) >= 11 is 0. The van der Waals surface area contributed by atoms with E-state index in [1.165, 1.54) is 0 Å². The van der Waals surface area contributed by atoms with Gasteiger partial charge in [0, 0.05) is 13.2 Å². The van der Waals surface area contributed by atoms with Gasteiger partial charge < -0.3 is 10.2 Å². The molecule has 2 rings (SSSR count). The number of aliphatic hydroxyl groups excluding tert-OH is 2. The van der Waals surface area contributed by atoms with Crippen molar-refractivity contribution in [2.24, 2.45) is 10.3 Å². The van der Waals surface area contributed by atoms with E-state index in [0.29, 0.717) is 12.8 Å². The number of rotatable bonds is 7. The van der Waals surface area contributed by atoms with E-state index in [1.54, 1.807) is 0 Å². The number of aliphatic hydroxyl groups is 2. The summed E-state index contributed by atoms with van der Waals surface area (Å²) < 4.78 is 0. The maximum Gasteiger partial charge on any atom is 0.0874 e. The van der Waals surface area contributed by atoms with Crippen LogP contribution < -0.4 is 5.43 Å². The van der Waals surface area contributed by atoms with Crippen molar-refractivity contribution in [3.8, 4) is 0 Å². The van der Waals surface area contributed by atoms with Crippen LogP contribution in [0.15, 0.2) is 58.9 Å². The summed E-state index contributed by atoms with van der Waals surface area (Å²) in [6, 6.07) is 15.3. The Bertz CT molecular complexity index is 565. The molecule has 2 aromatic carbocycles. The molecule has 0 bridgehead atoms. The number of benzene rings is 2. The van der Waals surface area contributed by atoms with Gasteiger partial charge >= 0.3 is 0 Å². The van der Waals surface area contributed by atoms with E-state index in [9.17, 15) is 0 Å². The van der Waals surface area contributed by atoms with Gasteiger partial charge in [-0.2, -0.15) is 0 Å². The van der Waals surface area contributed by atoms with Crippen LogP contribution in [-0.2, 0) is 12.8 Å². The first-order valence-corrected chi connectivity index (χ1v) is 6.88. The van der Waals surface area contributed by atoms with Crippen LogP contribution in [0, 0.1) is 0 Å². The van der Waals surface area contributed by atoms with Gasteiger partial charge in [0.25, 0.3) is 0 Å². The van der Waals surface area contributed by atoms with Crippen LogP contribution in [0.2, 0.25) is 0 Å². The minimum atomic E-state index is 0.148. The van der Waals surface area contributed by atoms with Gasteiger partial charge in [0.2, 0.25) is 0 Å². The first kappa shape index (κ1) is 15.2. The Morgan fingerprint density at radius 2 is 1.29 bits per heavy atom. The molecular formula is C16H19N3O2. The van der Waals surface area contributed by atoms with Crippen LogP contribution in [0.5, 0.6) is 0 Å². The van der Waals surface area contributed by atoms with Crippen molar-refractivity contribution in [3.63, 3.8) is 0 Å². The standard InChI is InChI=1S/C16H19N3O2/c20-11-9-13-1-5-15(6-2-13)17-19-18-16-7-3-14(4-8-16)10-12-21/h1-8,20-21H,9-12H2,(H,17,18). The van der Waals surface area contributed by atoms with Gasteiger partial charge in [0.1, 0.15) is 0 Å². The molecule has 0 saturated heterocycles. The molecule has 0 fully saturated rings. The molecule has 0 amide bonds. The maximum atomic E-state index is 8.85. The minimum Gasteiger partial charge on any atom is -0.396 e. The number of hydrogen-bond donors (Lipinski definition) is 3. The van der Waals surface area contributed by atoms with E-state index in [1.807, 2.05) is 48.5 Å². The van der Waals surface area contributed by atoms with Gasteiger partial charge in [-0.3, -0.25) is 5.43 Å². The van der Waals surface area contributed by atoms with Gasteiger partial charge in [-0.25, -0.2) is 0 Å². The van der Waals surface area contributed by atoms with Crippen molar-refractivity contribution in [1.82, 2.24) is 0 Å². The average molecular weight is 285 g/mol. The van der Waals surface area contributed by atoms with Gasteiger partial charge in [-0.05, 0) is 48.2 Å². The summed E-state index contributed by atoms with van der Waals surface area (Å²) in [7, 11) is 0. The van der Waals surface area contributed by atoms with Gasteiger partial charge in [0.05, 0.1) is 11.4 Å². The predicted molar refractivity (Wildman–Crippen MR) is 82.6 cm³/mol. The number of nitrogens with one attached hydrogen (secondary N) is 1. The van der Waals surface area contributed by atoms with Crippen molar-refractivity contribution in [2.75, 3.05) is 18.6 Å². The topological polar surface area (TPSA) is 77.2 Å². The normalized spacial score (nSPS) is 11.0. The van der Waals surface area contributed by atoms with Crippen LogP contribution in [0.1, 0.15) is 11.1 Å². The van der Waals surface area contributed by atoms with Crippen molar-refractivity contribution in [3.05, 3.63) is 59.7 Å². The zero-order valence-electron chi connectivity index (χ0n) is 11.7. The zero-order valence-corrected chi connectivity index (χ0v) is 11.7. The van der Waals surface area contributed by atoms with Crippen LogP contribution in [-0.4, -0.2) is 23.4 Å². The van der Waals surface area contributed by atoms with Crippen LogP contribution in [0.25, 0.3) is 0 Å². The number of nitrogens with zero attached hydrogens (tertiary/aromatic N) is 2. The monoisotopic (exact) mass is 285 g/mol. The second-order valence-corrected chi connectivity index (χ2v) is 4.62. The molecule has 21 heavy (non-hydrogen) atoms. The van der Waals surface area contributed by atoms with E-state index in [2.05, 4.69) is 15.8 Å². The molecule has 110 valence electrons. The Kier molecular flexibility index (Phi) is 5.87. The molecule has 5 heteroatoms. The van der Waals surface area contributed by atoms with Crippen molar-refractivity contribution >= 4 is 11.4 Å². The van der Waals surface area contributed by atoms with Gasteiger partial charge in [-0.1, -0.05) is 29.5 Å². The Morgan fingerprint density at radius 1 is 0.762 bits per heavy atom. The second kappa shape index (κ2) is 8.14. The third-order valence-corrected chi connectivity index (χ3v) is 3.04. The summed E-state index contributed by atoms with van der Waals surface area (Å²) in [6.45, 7) is 0.299. The third-order valence-electron chi connectivity index (χ3n) is 3.04. The Hall–Kier alpha value is -2.24. The molecule has 0 aromatic heterocycles. The number of anilines is 1. The zero-order chi connectivity index (χ0) is 14.9. The van der Waals surface area contributed by atoms with E-state index in [-0.39, 0.29) is 13.2 Å². The van der Waals surface area contributed by atoms with Crippen LogP contribution in [0.3, 0.4) is 0 Å². The lowest BCUT2D eigenvalue weighted by Crippen LogP contribution is -1.91. The van der Waals surface area contributed by atoms with Crippen molar-refractivity contribution < 1.29 is 10.2 Å². The molecule has 0 heterocycles. The van der Waals surface area contributed by atoms with E-state index in [0.717, 1.165) is 22.5 Å². The van der Waals surface area contributed by atoms with Crippen LogP contribution >= 0.6 is 0 Å². The summed E-state index contributed by atoms with van der Waals surface area (Å²) in [5.41, 5.74) is 6.61. The summed E-state index contributed by atoms with van der Waals surface area (Å²) in [5.74, 6) is 0. The molecule has 0 spiro atoms. The highest BCUT2D eigenvalue weighted by molar-refractivity contribution is 5.44. The maximum absolute atomic E-state index is 8.85. The molecule has 3 N–H and O–H groups in total. The van der Waals surface area contributed by atoms with Crippen molar-refractivity contribution in [1.29, 1.82) is 0 Å². The lowest BCUT2D eigenvalue weighted by atomic mass is 10.1. The fraction of sp³-hybridized carbons (Fsp3) is 0.250. The lowest BCUT2D eigenvalue weighted by molar-refractivity contribution is 0.299. The van der Waals surface area contributed by atoms with E-state index < -0.39 is 0 Å². The fourth-order valence-electron chi connectivity index (χ4n) is 1.87. The second-order valence-electron chi connectivity index (χ2n) is 4.62. The third kappa shape index (κ3) is 4.98. The first-order chi connectivity index (χ1) is 10.3. The number of hydrogen-bond acceptors (Lipinski definition) is 4. The largest absolute Gasteiger partial charge is 0.396 e.